The van der Waals surface area contributed by atoms with Gasteiger partial charge in [-0.1, -0.05) is 44.5 Å². The molecule has 0 amide bonds. The van der Waals surface area contributed by atoms with E-state index in [1.165, 1.54) is 11.3 Å². The maximum absolute atomic E-state index is 6.40. The van der Waals surface area contributed by atoms with Crippen LogP contribution in [0.1, 0.15) is 33.3 Å². The lowest BCUT2D eigenvalue weighted by atomic mass is 10.1. The molecule has 3 heteroatoms. The molecule has 0 atom stereocenters. The van der Waals surface area contributed by atoms with Gasteiger partial charge in [0.1, 0.15) is 0 Å². The van der Waals surface area contributed by atoms with Crippen molar-refractivity contribution in [3.63, 3.8) is 0 Å². The van der Waals surface area contributed by atoms with Gasteiger partial charge in [0, 0.05) is 19.6 Å². The third kappa shape index (κ3) is 4.18. The average molecular weight is 269 g/mol. The van der Waals surface area contributed by atoms with Crippen molar-refractivity contribution in [2.75, 3.05) is 24.5 Å². The van der Waals surface area contributed by atoms with Gasteiger partial charge >= 0.3 is 0 Å². The number of rotatable bonds is 7. The van der Waals surface area contributed by atoms with Crippen LogP contribution in [0.5, 0.6) is 0 Å². The first-order chi connectivity index (χ1) is 8.60. The number of halogens is 1. The van der Waals surface area contributed by atoms with E-state index < -0.39 is 0 Å². The van der Waals surface area contributed by atoms with E-state index in [1.54, 1.807) is 0 Å². The normalized spacial score (nSPS) is 11.0. The van der Waals surface area contributed by atoms with E-state index in [0.29, 0.717) is 5.92 Å². The molecule has 1 aromatic rings. The number of benzene rings is 1. The summed E-state index contributed by atoms with van der Waals surface area (Å²) < 4.78 is 0. The zero-order chi connectivity index (χ0) is 13.5. The molecule has 2 nitrogen and oxygen atoms in total. The van der Waals surface area contributed by atoms with Crippen LogP contribution in [0.2, 0.25) is 5.02 Å². The number of para-hydroxylation sites is 1. The van der Waals surface area contributed by atoms with Crippen LogP contribution < -0.4 is 10.2 Å². The highest BCUT2D eigenvalue weighted by atomic mass is 35.5. The Morgan fingerprint density at radius 3 is 2.56 bits per heavy atom. The third-order valence-corrected chi connectivity index (χ3v) is 3.22. The van der Waals surface area contributed by atoms with E-state index in [1.807, 2.05) is 12.1 Å². The fourth-order valence-electron chi connectivity index (χ4n) is 2.14. The minimum absolute atomic E-state index is 0.633. The molecule has 0 aliphatic carbocycles. The molecular weight excluding hydrogens is 244 g/mol. The monoisotopic (exact) mass is 268 g/mol. The molecule has 0 radical (unpaired) electrons. The van der Waals surface area contributed by atoms with Crippen LogP contribution in [-0.2, 0) is 6.54 Å². The standard InChI is InChI=1S/C15H25ClN2/c1-5-17-10-13-8-7-9-14(16)15(13)18(6-2)11-12(3)4/h7-9,12,17H,5-6,10-11H2,1-4H3. The molecule has 0 aliphatic heterocycles. The van der Waals surface area contributed by atoms with Crippen LogP contribution in [0.4, 0.5) is 5.69 Å². The summed E-state index contributed by atoms with van der Waals surface area (Å²) in [5.74, 6) is 0.633. The molecule has 18 heavy (non-hydrogen) atoms. The Balaban J connectivity index is 3.02. The molecule has 1 rings (SSSR count). The molecule has 1 N–H and O–H groups in total. The van der Waals surface area contributed by atoms with E-state index in [0.717, 1.165) is 31.2 Å². The first-order valence-corrected chi connectivity index (χ1v) is 7.20. The largest absolute Gasteiger partial charge is 0.370 e. The first-order valence-electron chi connectivity index (χ1n) is 6.83. The Morgan fingerprint density at radius 2 is 2.00 bits per heavy atom. The van der Waals surface area contributed by atoms with Crippen molar-refractivity contribution in [2.24, 2.45) is 5.92 Å². The minimum atomic E-state index is 0.633. The van der Waals surface area contributed by atoms with E-state index in [2.05, 4.69) is 44.0 Å². The summed E-state index contributed by atoms with van der Waals surface area (Å²) in [5, 5.41) is 4.23. The zero-order valence-corrected chi connectivity index (χ0v) is 12.7. The lowest BCUT2D eigenvalue weighted by Gasteiger charge is -2.28. The second kappa shape index (κ2) is 7.65. The second-order valence-electron chi connectivity index (χ2n) is 4.96. The summed E-state index contributed by atoms with van der Waals surface area (Å²) in [7, 11) is 0. The number of nitrogens with zero attached hydrogens (tertiary/aromatic N) is 1. The lowest BCUT2D eigenvalue weighted by Crippen LogP contribution is -2.29. The van der Waals surface area contributed by atoms with Crippen molar-refractivity contribution in [1.82, 2.24) is 5.32 Å². The molecule has 1 aromatic carbocycles. The molecule has 0 saturated carbocycles. The van der Waals surface area contributed by atoms with Gasteiger partial charge in [-0.25, -0.2) is 0 Å². The summed E-state index contributed by atoms with van der Waals surface area (Å²) in [6, 6.07) is 6.17. The predicted octanol–water partition coefficient (Wildman–Crippen LogP) is 3.93. The van der Waals surface area contributed by atoms with Gasteiger partial charge in [-0.15, -0.1) is 0 Å². The molecule has 102 valence electrons. The Kier molecular flexibility index (Phi) is 6.51. The number of hydrogen-bond donors (Lipinski definition) is 1. The number of anilines is 1. The van der Waals surface area contributed by atoms with Crippen molar-refractivity contribution < 1.29 is 0 Å². The SMILES string of the molecule is CCNCc1cccc(Cl)c1N(CC)CC(C)C. The molecule has 0 aromatic heterocycles. The molecule has 0 spiro atoms. The molecular formula is C15H25ClN2. The van der Waals surface area contributed by atoms with Gasteiger partial charge in [0.05, 0.1) is 10.7 Å². The van der Waals surface area contributed by atoms with E-state index in [-0.39, 0.29) is 0 Å². The maximum atomic E-state index is 6.40. The van der Waals surface area contributed by atoms with Gasteiger partial charge in [-0.05, 0) is 31.0 Å². The van der Waals surface area contributed by atoms with Gasteiger partial charge in [0.2, 0.25) is 0 Å². The Morgan fingerprint density at radius 1 is 1.28 bits per heavy atom. The van der Waals surface area contributed by atoms with Crippen LogP contribution in [-0.4, -0.2) is 19.6 Å². The average Bonchev–Trinajstić information content (AvgIpc) is 2.33. The fraction of sp³-hybridized carbons (Fsp3) is 0.600. The van der Waals surface area contributed by atoms with Crippen molar-refractivity contribution >= 4 is 17.3 Å². The van der Waals surface area contributed by atoms with Crippen molar-refractivity contribution in [3.05, 3.63) is 28.8 Å². The summed E-state index contributed by atoms with van der Waals surface area (Å²) in [6.45, 7) is 12.7. The van der Waals surface area contributed by atoms with Crippen molar-refractivity contribution in [2.45, 2.75) is 34.2 Å². The minimum Gasteiger partial charge on any atom is -0.370 e. The van der Waals surface area contributed by atoms with Crippen LogP contribution in [0.3, 0.4) is 0 Å². The summed E-state index contributed by atoms with van der Waals surface area (Å²) in [6.07, 6.45) is 0. The maximum Gasteiger partial charge on any atom is 0.0642 e. The Labute approximate surface area is 116 Å². The third-order valence-electron chi connectivity index (χ3n) is 2.92. The Hall–Kier alpha value is -0.730. The van der Waals surface area contributed by atoms with Gasteiger partial charge in [0.25, 0.3) is 0 Å². The highest BCUT2D eigenvalue weighted by Crippen LogP contribution is 2.30. The molecule has 0 aliphatic rings. The summed E-state index contributed by atoms with van der Waals surface area (Å²) in [4.78, 5) is 2.37. The fourth-order valence-corrected chi connectivity index (χ4v) is 2.45. The van der Waals surface area contributed by atoms with Crippen LogP contribution in [0.25, 0.3) is 0 Å². The Bertz CT molecular complexity index is 364. The predicted molar refractivity (Wildman–Crippen MR) is 81.6 cm³/mol. The topological polar surface area (TPSA) is 15.3 Å². The van der Waals surface area contributed by atoms with Gasteiger partial charge in [-0.3, -0.25) is 0 Å². The van der Waals surface area contributed by atoms with E-state index >= 15 is 0 Å². The van der Waals surface area contributed by atoms with Gasteiger partial charge in [-0.2, -0.15) is 0 Å². The summed E-state index contributed by atoms with van der Waals surface area (Å²) >= 11 is 6.40. The van der Waals surface area contributed by atoms with Crippen LogP contribution in [0.15, 0.2) is 18.2 Å². The zero-order valence-electron chi connectivity index (χ0n) is 12.0. The summed E-state index contributed by atoms with van der Waals surface area (Å²) in [5.41, 5.74) is 2.48. The molecule has 0 unspecified atom stereocenters. The van der Waals surface area contributed by atoms with Gasteiger partial charge in [0.15, 0.2) is 0 Å². The van der Waals surface area contributed by atoms with Crippen LogP contribution in [0, 0.1) is 5.92 Å². The molecule has 0 bridgehead atoms. The van der Waals surface area contributed by atoms with E-state index in [9.17, 15) is 0 Å². The highest BCUT2D eigenvalue weighted by molar-refractivity contribution is 6.33. The van der Waals surface area contributed by atoms with Crippen LogP contribution >= 0.6 is 11.6 Å². The quantitative estimate of drug-likeness (QED) is 0.806. The van der Waals surface area contributed by atoms with Crippen molar-refractivity contribution in [1.29, 1.82) is 0 Å². The molecule has 0 heterocycles. The second-order valence-corrected chi connectivity index (χ2v) is 5.37. The highest BCUT2D eigenvalue weighted by Gasteiger charge is 2.14. The lowest BCUT2D eigenvalue weighted by molar-refractivity contribution is 0.615. The molecule has 0 saturated heterocycles. The van der Waals surface area contributed by atoms with E-state index in [4.69, 9.17) is 11.6 Å². The number of nitrogens with one attached hydrogen (secondary N) is 1. The molecule has 0 fully saturated rings. The van der Waals surface area contributed by atoms with Gasteiger partial charge < -0.3 is 10.2 Å². The van der Waals surface area contributed by atoms with Crippen molar-refractivity contribution in [3.8, 4) is 0 Å². The first kappa shape index (κ1) is 15.3. The smallest absolute Gasteiger partial charge is 0.0642 e. The number of hydrogen-bond acceptors (Lipinski definition) is 2.